The van der Waals surface area contributed by atoms with Gasteiger partial charge in [-0.15, -0.1) is 0 Å². The van der Waals surface area contributed by atoms with Gasteiger partial charge in [0.1, 0.15) is 5.41 Å². The molecule has 4 rings (SSSR count). The molecule has 2 heterocycles. The van der Waals surface area contributed by atoms with Gasteiger partial charge in [0.15, 0.2) is 5.78 Å². The molecule has 0 aliphatic heterocycles. The first-order chi connectivity index (χ1) is 18.8. The lowest BCUT2D eigenvalue weighted by atomic mass is 9.64. The molecule has 0 fully saturated rings. The van der Waals surface area contributed by atoms with Gasteiger partial charge < -0.3 is 14.7 Å². The highest BCUT2D eigenvalue weighted by atomic mass is 19.4. The molecule has 11 heteroatoms. The van der Waals surface area contributed by atoms with Gasteiger partial charge in [0.25, 0.3) is 0 Å². The first kappa shape index (κ1) is 28.7. The summed E-state index contributed by atoms with van der Waals surface area (Å²) in [7, 11) is 0. The lowest BCUT2D eigenvalue weighted by molar-refractivity contribution is -0.143. The number of hydrogen-bond donors (Lipinski definition) is 2. The van der Waals surface area contributed by atoms with E-state index in [-0.39, 0.29) is 18.4 Å². The van der Waals surface area contributed by atoms with Crippen LogP contribution >= 0.6 is 0 Å². The summed E-state index contributed by atoms with van der Waals surface area (Å²) in [4.78, 5) is 32.7. The third-order valence-electron chi connectivity index (χ3n) is 6.74. The molecule has 2 aromatic carbocycles. The molecule has 2 unspecified atom stereocenters. The van der Waals surface area contributed by atoms with E-state index in [1.807, 2.05) is 0 Å². The Morgan fingerprint density at radius 3 is 2.15 bits per heavy atom. The summed E-state index contributed by atoms with van der Waals surface area (Å²) in [6.07, 6.45) is -4.88. The normalized spacial score (nSPS) is 14.8. The summed E-state index contributed by atoms with van der Waals surface area (Å²) in [5.74, 6) is -2.72. The fourth-order valence-electron chi connectivity index (χ4n) is 4.93. The molecule has 4 aromatic rings. The first-order valence-electron chi connectivity index (χ1n) is 12.2. The van der Waals surface area contributed by atoms with Crippen molar-refractivity contribution < 1.29 is 40.7 Å². The third kappa shape index (κ3) is 5.28. The van der Waals surface area contributed by atoms with Crippen LogP contribution in [0.25, 0.3) is 10.9 Å². The van der Waals surface area contributed by atoms with E-state index < -0.39 is 52.1 Å². The van der Waals surface area contributed by atoms with Crippen LogP contribution in [0.1, 0.15) is 46.6 Å². The number of allylic oxidation sites excluding steroid dienone is 1. The summed E-state index contributed by atoms with van der Waals surface area (Å²) >= 11 is 0. The van der Waals surface area contributed by atoms with Gasteiger partial charge >= 0.3 is 18.3 Å². The number of aromatic amines is 2. The van der Waals surface area contributed by atoms with Crippen molar-refractivity contribution in [2.75, 3.05) is 6.61 Å². The van der Waals surface area contributed by atoms with E-state index in [0.29, 0.717) is 28.6 Å². The molecule has 0 aliphatic rings. The zero-order valence-corrected chi connectivity index (χ0v) is 21.3. The van der Waals surface area contributed by atoms with Gasteiger partial charge in [-0.2, -0.15) is 26.3 Å². The number of Topliss-reactive ketones (excluding diaryl/α,β-unsaturated/α-hetero) is 1. The van der Waals surface area contributed by atoms with E-state index in [9.17, 15) is 35.9 Å². The van der Waals surface area contributed by atoms with Crippen molar-refractivity contribution in [1.82, 2.24) is 9.97 Å². The van der Waals surface area contributed by atoms with Crippen molar-refractivity contribution in [2.24, 2.45) is 5.92 Å². The fourth-order valence-corrected chi connectivity index (χ4v) is 4.93. The van der Waals surface area contributed by atoms with Crippen molar-refractivity contribution in [3.05, 3.63) is 107 Å². The zero-order chi connectivity index (χ0) is 29.3. The van der Waals surface area contributed by atoms with Gasteiger partial charge in [-0.3, -0.25) is 4.79 Å². The number of hydrogen-bond acceptors (Lipinski definition) is 3. The van der Waals surface area contributed by atoms with E-state index in [2.05, 4.69) is 9.97 Å². The number of para-hydroxylation sites is 1. The van der Waals surface area contributed by atoms with Crippen molar-refractivity contribution >= 4 is 22.7 Å². The minimum absolute atomic E-state index is 0.0249. The molecule has 0 spiro atoms. The fraction of sp³-hybridized carbons (Fsp3) is 0.241. The second-order valence-corrected chi connectivity index (χ2v) is 9.16. The van der Waals surface area contributed by atoms with Crippen LogP contribution < -0.4 is 0 Å². The van der Waals surface area contributed by atoms with Gasteiger partial charge in [0, 0.05) is 40.6 Å². The lowest BCUT2D eigenvalue weighted by Crippen LogP contribution is -2.43. The maximum absolute atomic E-state index is 14.6. The second kappa shape index (κ2) is 10.7. The Morgan fingerprint density at radius 1 is 0.925 bits per heavy atom. The Hall–Kier alpha value is -4.28. The highest BCUT2D eigenvalue weighted by molar-refractivity contribution is 6.09. The number of H-pyrrole nitrogens is 2. The molecule has 5 nitrogen and oxygen atoms in total. The number of ketones is 1. The van der Waals surface area contributed by atoms with Crippen LogP contribution in [0.5, 0.6) is 0 Å². The number of esters is 1. The first-order valence-corrected chi connectivity index (χ1v) is 12.2. The molecular weight excluding hydrogens is 538 g/mol. The number of ether oxygens (including phenoxy) is 1. The van der Waals surface area contributed by atoms with E-state index >= 15 is 0 Å². The zero-order valence-electron chi connectivity index (χ0n) is 21.3. The number of carbonyl (C=O) groups excluding carboxylic acids is 2. The van der Waals surface area contributed by atoms with E-state index in [0.717, 1.165) is 6.08 Å². The predicted molar refractivity (Wildman–Crippen MR) is 136 cm³/mol. The lowest BCUT2D eigenvalue weighted by Gasteiger charge is -2.36. The highest BCUT2D eigenvalue weighted by Gasteiger charge is 2.49. The van der Waals surface area contributed by atoms with Crippen LogP contribution in [0.2, 0.25) is 0 Å². The molecule has 0 aliphatic carbocycles. The van der Waals surface area contributed by atoms with Crippen LogP contribution in [0.4, 0.5) is 26.3 Å². The van der Waals surface area contributed by atoms with Gasteiger partial charge in [-0.1, -0.05) is 31.2 Å². The molecule has 0 bridgehead atoms. The molecule has 40 heavy (non-hydrogen) atoms. The van der Waals surface area contributed by atoms with Gasteiger partial charge in [0.05, 0.1) is 17.7 Å². The third-order valence-corrected chi connectivity index (χ3v) is 6.74. The number of alkyl halides is 6. The molecule has 2 aromatic heterocycles. The Kier molecular flexibility index (Phi) is 7.69. The number of rotatable bonds is 8. The summed E-state index contributed by atoms with van der Waals surface area (Å²) < 4.78 is 87.4. The maximum Gasteiger partial charge on any atom is 0.416 e. The molecule has 2 atom stereocenters. The smallest absolute Gasteiger partial charge is 0.416 e. The van der Waals surface area contributed by atoms with Gasteiger partial charge in [-0.25, -0.2) is 4.79 Å². The standard InChI is InChI=1S/C29H24F6N2O3/c1-3-40-25(38)11-10-17(2)27(24-9-6-12-36-24,22-16-37-23-8-5-4-7-21(22)23)26(39)18-13-19(28(30,31)32)15-20(14-18)29(33,34)35/h4-17,36-37H,3H2,1-2H3. The molecule has 0 saturated heterocycles. The van der Waals surface area contributed by atoms with E-state index in [4.69, 9.17) is 4.74 Å². The van der Waals surface area contributed by atoms with Crippen LogP contribution in [0.3, 0.4) is 0 Å². The Bertz CT molecular complexity index is 1520. The summed E-state index contributed by atoms with van der Waals surface area (Å²) in [6.45, 7) is 3.22. The Labute approximate surface area is 224 Å². The van der Waals surface area contributed by atoms with Crippen molar-refractivity contribution in [1.29, 1.82) is 0 Å². The van der Waals surface area contributed by atoms with Crippen LogP contribution in [-0.4, -0.2) is 28.3 Å². The quantitative estimate of drug-likeness (QED) is 0.101. The molecule has 0 saturated carbocycles. The van der Waals surface area contributed by atoms with E-state index in [1.165, 1.54) is 24.5 Å². The van der Waals surface area contributed by atoms with Gasteiger partial charge in [0.2, 0.25) is 0 Å². The number of aromatic nitrogens is 2. The largest absolute Gasteiger partial charge is 0.463 e. The molecule has 210 valence electrons. The number of nitrogens with one attached hydrogen (secondary N) is 2. The number of fused-ring (bicyclic) bond motifs is 1. The number of carbonyl (C=O) groups is 2. The summed E-state index contributed by atoms with van der Waals surface area (Å²) in [5, 5.41) is 0.518. The average Bonchev–Trinajstić information content (AvgIpc) is 3.58. The molecule has 2 N–H and O–H groups in total. The van der Waals surface area contributed by atoms with Crippen molar-refractivity contribution in [3.8, 4) is 0 Å². The van der Waals surface area contributed by atoms with Crippen LogP contribution in [0, 0.1) is 5.92 Å². The SMILES string of the molecule is CCOC(=O)C=CC(C)C(C(=O)c1cc(C(F)(F)F)cc(C(F)(F)F)c1)(c1ccc[nH]1)c1c[nH]c2ccccc12. The van der Waals surface area contributed by atoms with Gasteiger partial charge in [-0.05, 0) is 54.8 Å². The highest BCUT2D eigenvalue weighted by Crippen LogP contribution is 2.46. The van der Waals surface area contributed by atoms with Crippen LogP contribution in [0.15, 0.2) is 79.1 Å². The van der Waals surface area contributed by atoms with Crippen LogP contribution in [-0.2, 0) is 27.3 Å². The minimum Gasteiger partial charge on any atom is -0.463 e. The average molecular weight is 563 g/mol. The van der Waals surface area contributed by atoms with E-state index in [1.54, 1.807) is 44.2 Å². The predicted octanol–water partition coefficient (Wildman–Crippen LogP) is 7.46. The van der Waals surface area contributed by atoms with Crippen molar-refractivity contribution in [3.63, 3.8) is 0 Å². The number of benzene rings is 2. The molecule has 0 amide bonds. The molecular formula is C29H24F6N2O3. The monoisotopic (exact) mass is 562 g/mol. The minimum atomic E-state index is -5.15. The molecule has 0 radical (unpaired) electrons. The summed E-state index contributed by atoms with van der Waals surface area (Å²) in [6, 6.07) is 10.7. The van der Waals surface area contributed by atoms with Crippen molar-refractivity contribution in [2.45, 2.75) is 31.6 Å². The number of halogens is 6. The maximum atomic E-state index is 14.6. The Morgan fingerprint density at radius 2 is 1.57 bits per heavy atom. The Balaban J connectivity index is 2.07. The summed E-state index contributed by atoms with van der Waals surface area (Å²) in [5.41, 5.74) is -4.82. The second-order valence-electron chi connectivity index (χ2n) is 9.16. The topological polar surface area (TPSA) is 75.0 Å².